The van der Waals surface area contributed by atoms with Crippen molar-refractivity contribution in [3.05, 3.63) is 108 Å². The number of benzene rings is 3. The Morgan fingerprint density at radius 2 is 1.36 bits per heavy atom. The average Bonchev–Trinajstić information content (AvgIpc) is 2.93. The van der Waals surface area contributed by atoms with Gasteiger partial charge in [-0.05, 0) is 59.2 Å². The second-order valence-corrected chi connectivity index (χ2v) is 8.85. The number of hydrogen-bond donors (Lipinski definition) is 2. The maximum Gasteiger partial charge on any atom is 0.573 e. The largest absolute Gasteiger partial charge is 0.573 e. The van der Waals surface area contributed by atoms with Crippen LogP contribution in [0.15, 0.2) is 91.1 Å². The molecule has 4 rings (SSSR count). The van der Waals surface area contributed by atoms with E-state index in [9.17, 15) is 41.0 Å². The smallest absolute Gasteiger partial charge is 0.480 e. The second kappa shape index (κ2) is 12.2. The van der Waals surface area contributed by atoms with Gasteiger partial charge in [0.2, 0.25) is 5.88 Å². The first-order chi connectivity index (χ1) is 19.8. The Kier molecular flexibility index (Phi) is 8.69. The minimum absolute atomic E-state index is 0.0551. The minimum Gasteiger partial charge on any atom is -0.480 e. The molecule has 3 aromatic carbocycles. The number of nitrogens with zero attached hydrogens (tertiary/aromatic N) is 1. The van der Waals surface area contributed by atoms with E-state index >= 15 is 0 Å². The van der Waals surface area contributed by atoms with Crippen LogP contribution < -0.4 is 14.8 Å². The highest BCUT2D eigenvalue weighted by Crippen LogP contribution is 2.30. The predicted molar refractivity (Wildman–Crippen MR) is 137 cm³/mol. The molecule has 2 N–H and O–H groups in total. The van der Waals surface area contributed by atoms with Crippen LogP contribution in [0.4, 0.5) is 26.3 Å². The van der Waals surface area contributed by atoms with Crippen molar-refractivity contribution in [3.8, 4) is 28.5 Å². The fourth-order valence-electron chi connectivity index (χ4n) is 3.76. The summed E-state index contributed by atoms with van der Waals surface area (Å²) in [4.78, 5) is 28.1. The molecule has 0 aliphatic heterocycles. The maximum atomic E-state index is 12.7. The number of carbonyl (C=O) groups excluding carboxylic acids is 1. The van der Waals surface area contributed by atoms with Crippen molar-refractivity contribution in [1.82, 2.24) is 10.3 Å². The molecule has 0 aliphatic rings. The molecule has 4 aromatic rings. The maximum absolute atomic E-state index is 12.7. The molecule has 7 nitrogen and oxygen atoms in total. The monoisotopic (exact) mass is 590 g/mol. The zero-order valence-electron chi connectivity index (χ0n) is 21.2. The lowest BCUT2D eigenvalue weighted by Crippen LogP contribution is -2.42. The van der Waals surface area contributed by atoms with Gasteiger partial charge in [-0.3, -0.25) is 4.79 Å². The number of hydrogen-bond acceptors (Lipinski definition) is 5. The van der Waals surface area contributed by atoms with E-state index < -0.39 is 36.0 Å². The number of halogens is 6. The highest BCUT2D eigenvalue weighted by Gasteiger charge is 2.31. The fraction of sp³-hybridized carbons (Fsp3) is 0.138. The summed E-state index contributed by atoms with van der Waals surface area (Å²) < 4.78 is 84.3. The van der Waals surface area contributed by atoms with Crippen LogP contribution in [-0.2, 0) is 17.4 Å². The summed E-state index contributed by atoms with van der Waals surface area (Å²) in [6, 6.07) is 17.9. The average molecular weight is 590 g/mol. The van der Waals surface area contributed by atoms with E-state index in [2.05, 4.69) is 15.0 Å². The van der Waals surface area contributed by atoms with Gasteiger partial charge in [0.1, 0.15) is 17.5 Å². The Morgan fingerprint density at radius 1 is 0.786 bits per heavy atom. The summed E-state index contributed by atoms with van der Waals surface area (Å²) in [5.74, 6) is -2.22. The van der Waals surface area contributed by atoms with Gasteiger partial charge in [-0.2, -0.15) is 13.2 Å². The molecule has 42 heavy (non-hydrogen) atoms. The third kappa shape index (κ3) is 8.22. The molecule has 0 spiro atoms. The standard InChI is InChI=1S/C29H20F6N2O5/c30-28(31,32)21-9-14-25(36-16-21)41-22-10-7-20(8-11-22)26(38)37-24(27(39)40)15-17-1-3-18(4-2-17)19-5-12-23(13-6-19)42-29(33,34)35/h1-14,16,24H,15H2,(H,37,38)(H,39,40). The topological polar surface area (TPSA) is 97.8 Å². The molecule has 1 unspecified atom stereocenters. The number of alkyl halides is 6. The number of aliphatic carboxylic acids is 1. The van der Waals surface area contributed by atoms with E-state index in [1.165, 1.54) is 48.5 Å². The number of aromatic nitrogens is 1. The Bertz CT molecular complexity index is 1520. The molecule has 0 bridgehead atoms. The molecule has 0 saturated carbocycles. The Labute approximate surface area is 234 Å². The fourth-order valence-corrected chi connectivity index (χ4v) is 3.76. The van der Waals surface area contributed by atoms with E-state index in [1.54, 1.807) is 24.3 Å². The molecule has 1 atom stereocenters. The highest BCUT2D eigenvalue weighted by atomic mass is 19.4. The van der Waals surface area contributed by atoms with E-state index in [4.69, 9.17) is 4.74 Å². The second-order valence-electron chi connectivity index (χ2n) is 8.85. The molecule has 0 radical (unpaired) electrons. The summed E-state index contributed by atoms with van der Waals surface area (Å²) in [5.41, 5.74) is 1.04. The predicted octanol–water partition coefficient (Wildman–Crippen LogP) is 6.88. The number of carboxylic acids is 1. The first kappa shape index (κ1) is 29.9. The van der Waals surface area contributed by atoms with Crippen LogP contribution in [0.2, 0.25) is 0 Å². The summed E-state index contributed by atoms with van der Waals surface area (Å²) >= 11 is 0. The molecule has 1 heterocycles. The number of ether oxygens (including phenoxy) is 2. The van der Waals surface area contributed by atoms with Crippen molar-refractivity contribution in [2.45, 2.75) is 25.0 Å². The molecule has 0 saturated heterocycles. The molecule has 13 heteroatoms. The van der Waals surface area contributed by atoms with Gasteiger partial charge in [0.15, 0.2) is 0 Å². The third-order valence-corrected chi connectivity index (χ3v) is 5.82. The van der Waals surface area contributed by atoms with E-state index in [0.29, 0.717) is 22.9 Å². The lowest BCUT2D eigenvalue weighted by molar-refractivity contribution is -0.274. The van der Waals surface area contributed by atoms with Crippen molar-refractivity contribution in [2.24, 2.45) is 0 Å². The van der Waals surface area contributed by atoms with Gasteiger partial charge in [-0.25, -0.2) is 9.78 Å². The van der Waals surface area contributed by atoms with Crippen LogP contribution in [0, 0.1) is 0 Å². The highest BCUT2D eigenvalue weighted by molar-refractivity contribution is 5.96. The van der Waals surface area contributed by atoms with Crippen LogP contribution in [0.25, 0.3) is 11.1 Å². The first-order valence-electron chi connectivity index (χ1n) is 12.1. The number of pyridine rings is 1. The number of nitrogens with one attached hydrogen (secondary N) is 1. The van der Waals surface area contributed by atoms with Gasteiger partial charge in [-0.15, -0.1) is 13.2 Å². The molecule has 218 valence electrons. The quantitative estimate of drug-likeness (QED) is 0.206. The number of amides is 1. The van der Waals surface area contributed by atoms with Gasteiger partial charge in [0.05, 0.1) is 5.56 Å². The summed E-state index contributed by atoms with van der Waals surface area (Å²) in [6.07, 6.45) is -8.76. The number of carboxylic acid groups (broad SMARTS) is 1. The van der Waals surface area contributed by atoms with Crippen molar-refractivity contribution in [1.29, 1.82) is 0 Å². The zero-order chi connectivity index (χ0) is 30.5. The molecule has 0 aliphatic carbocycles. The zero-order valence-corrected chi connectivity index (χ0v) is 21.2. The summed E-state index contributed by atoms with van der Waals surface area (Å²) in [7, 11) is 0. The van der Waals surface area contributed by atoms with Crippen molar-refractivity contribution >= 4 is 11.9 Å². The first-order valence-corrected chi connectivity index (χ1v) is 12.1. The Balaban J connectivity index is 1.35. The van der Waals surface area contributed by atoms with Gasteiger partial charge >= 0.3 is 18.5 Å². The van der Waals surface area contributed by atoms with Crippen molar-refractivity contribution in [3.63, 3.8) is 0 Å². The summed E-state index contributed by atoms with van der Waals surface area (Å²) in [5, 5.41) is 12.1. The number of rotatable bonds is 9. The lowest BCUT2D eigenvalue weighted by atomic mass is 10.0. The third-order valence-electron chi connectivity index (χ3n) is 5.82. The van der Waals surface area contributed by atoms with Crippen LogP contribution in [0.1, 0.15) is 21.5 Å². The van der Waals surface area contributed by atoms with E-state index in [1.807, 2.05) is 0 Å². The van der Waals surface area contributed by atoms with Crippen molar-refractivity contribution in [2.75, 3.05) is 0 Å². The van der Waals surface area contributed by atoms with Crippen molar-refractivity contribution < 1.29 is 50.5 Å². The van der Waals surface area contributed by atoms with E-state index in [0.717, 1.165) is 12.1 Å². The summed E-state index contributed by atoms with van der Waals surface area (Å²) in [6.45, 7) is 0. The van der Waals surface area contributed by atoms with Crippen LogP contribution in [0.3, 0.4) is 0 Å². The minimum atomic E-state index is -4.80. The number of carbonyl (C=O) groups is 2. The van der Waals surface area contributed by atoms with Crippen LogP contribution in [0.5, 0.6) is 17.4 Å². The van der Waals surface area contributed by atoms with Gasteiger partial charge in [0, 0.05) is 24.2 Å². The molecular formula is C29H20F6N2O5. The van der Waals surface area contributed by atoms with Crippen LogP contribution in [-0.4, -0.2) is 34.4 Å². The molecule has 1 amide bonds. The molecule has 1 aromatic heterocycles. The molecule has 0 fully saturated rings. The van der Waals surface area contributed by atoms with Gasteiger partial charge < -0.3 is 19.9 Å². The van der Waals surface area contributed by atoms with Gasteiger partial charge in [0.25, 0.3) is 5.91 Å². The normalized spacial score (nSPS) is 12.3. The lowest BCUT2D eigenvalue weighted by Gasteiger charge is -2.15. The van der Waals surface area contributed by atoms with Gasteiger partial charge in [-0.1, -0.05) is 36.4 Å². The SMILES string of the molecule is O=C(NC(Cc1ccc(-c2ccc(OC(F)(F)F)cc2)cc1)C(=O)O)c1ccc(Oc2ccc(C(F)(F)F)cn2)cc1. The van der Waals surface area contributed by atoms with Crippen LogP contribution >= 0.6 is 0 Å². The Morgan fingerprint density at radius 3 is 1.86 bits per heavy atom. The molecular weight excluding hydrogens is 570 g/mol. The van der Waals surface area contributed by atoms with E-state index in [-0.39, 0.29) is 29.4 Å². The Hall–Kier alpha value is -5.07.